The first-order valence-electron chi connectivity index (χ1n) is 10.7. The minimum atomic E-state index is -4.47. The molecule has 33 heavy (non-hydrogen) atoms. The highest BCUT2D eigenvalue weighted by atomic mass is 32.2. The number of halogens is 4. The maximum absolute atomic E-state index is 13.5. The summed E-state index contributed by atoms with van der Waals surface area (Å²) < 4.78 is 64.4. The van der Waals surface area contributed by atoms with Gasteiger partial charge in [0.05, 0.1) is 11.6 Å². The fraction of sp³-hybridized carbons (Fsp3) is 0.435. The van der Waals surface area contributed by atoms with Crippen molar-refractivity contribution in [2.24, 2.45) is 5.92 Å². The molecule has 1 atom stereocenters. The third-order valence-electron chi connectivity index (χ3n) is 6.34. The minimum Gasteiger partial charge on any atom is -0.352 e. The van der Waals surface area contributed by atoms with Gasteiger partial charge in [0.25, 0.3) is 0 Å². The molecule has 2 aromatic rings. The molecule has 3 heterocycles. The number of aromatic nitrogens is 1. The third kappa shape index (κ3) is 5.31. The van der Waals surface area contributed by atoms with Gasteiger partial charge in [0.1, 0.15) is 11.6 Å². The molecule has 1 amide bonds. The highest BCUT2D eigenvalue weighted by molar-refractivity contribution is 8.00. The lowest BCUT2D eigenvalue weighted by molar-refractivity contribution is -0.139. The lowest BCUT2D eigenvalue weighted by atomic mass is 9.96. The lowest BCUT2D eigenvalue weighted by Crippen LogP contribution is -2.53. The molecule has 1 unspecified atom stereocenters. The number of amides is 1. The van der Waals surface area contributed by atoms with Crippen LogP contribution in [0, 0.1) is 11.7 Å². The van der Waals surface area contributed by atoms with Crippen molar-refractivity contribution in [3.63, 3.8) is 0 Å². The molecule has 1 aromatic carbocycles. The van der Waals surface area contributed by atoms with Crippen LogP contribution in [0.5, 0.6) is 0 Å². The van der Waals surface area contributed by atoms with Crippen LogP contribution < -0.4 is 4.90 Å². The molecule has 10 heteroatoms. The van der Waals surface area contributed by atoms with Crippen LogP contribution in [0.4, 0.5) is 23.4 Å². The number of rotatable bonds is 3. The number of hydrogen-bond acceptors (Lipinski definition) is 4. The Hall–Kier alpha value is -2.62. The van der Waals surface area contributed by atoms with Crippen LogP contribution >= 0.6 is 0 Å². The van der Waals surface area contributed by atoms with E-state index < -0.39 is 33.1 Å². The van der Waals surface area contributed by atoms with Crippen molar-refractivity contribution in [1.82, 2.24) is 9.88 Å². The number of anilines is 1. The summed E-state index contributed by atoms with van der Waals surface area (Å²) in [6.07, 6.45) is -2.64. The van der Waals surface area contributed by atoms with Crippen molar-refractivity contribution in [3.05, 3.63) is 59.5 Å². The second-order valence-corrected chi connectivity index (χ2v) is 11.3. The van der Waals surface area contributed by atoms with E-state index in [1.807, 2.05) is 4.90 Å². The van der Waals surface area contributed by atoms with E-state index in [1.165, 1.54) is 18.2 Å². The van der Waals surface area contributed by atoms with Crippen molar-refractivity contribution in [3.8, 4) is 0 Å². The fourth-order valence-electron chi connectivity index (χ4n) is 4.41. The molecule has 0 saturated carbocycles. The first kappa shape index (κ1) is 23.5. The van der Waals surface area contributed by atoms with E-state index in [-0.39, 0.29) is 11.8 Å². The Labute approximate surface area is 190 Å². The summed E-state index contributed by atoms with van der Waals surface area (Å²) in [4.78, 5) is 21.0. The predicted octanol–water partition coefficient (Wildman–Crippen LogP) is 3.76. The van der Waals surface area contributed by atoms with Gasteiger partial charge in [0, 0.05) is 43.3 Å². The van der Waals surface area contributed by atoms with Crippen LogP contribution in [0.15, 0.2) is 42.6 Å². The number of nitrogens with zero attached hydrogens (tertiary/aromatic N) is 3. The van der Waals surface area contributed by atoms with Gasteiger partial charge in [-0.05, 0) is 58.1 Å². The van der Waals surface area contributed by atoms with Gasteiger partial charge in [-0.3, -0.25) is 9.00 Å². The topological polar surface area (TPSA) is 53.5 Å². The summed E-state index contributed by atoms with van der Waals surface area (Å²) in [5, 5.41) is 0. The molecular weight excluding hydrogens is 458 g/mol. The summed E-state index contributed by atoms with van der Waals surface area (Å²) in [7, 11) is -2.12. The first-order chi connectivity index (χ1) is 15.5. The van der Waals surface area contributed by atoms with Crippen molar-refractivity contribution in [2.45, 2.75) is 25.1 Å². The summed E-state index contributed by atoms with van der Waals surface area (Å²) in [6.45, 7) is 1.06. The second kappa shape index (κ2) is 8.96. The Morgan fingerprint density at radius 3 is 2.30 bits per heavy atom. The van der Waals surface area contributed by atoms with Gasteiger partial charge in [-0.2, -0.15) is 13.2 Å². The molecule has 2 aliphatic heterocycles. The Morgan fingerprint density at radius 1 is 1.06 bits per heavy atom. The van der Waals surface area contributed by atoms with E-state index in [2.05, 4.69) is 10.9 Å². The molecule has 2 fully saturated rings. The van der Waals surface area contributed by atoms with Crippen LogP contribution in [0.25, 0.3) is 0 Å². The van der Waals surface area contributed by atoms with E-state index in [9.17, 15) is 26.6 Å². The molecule has 0 N–H and O–H groups in total. The van der Waals surface area contributed by atoms with Crippen molar-refractivity contribution in [2.75, 3.05) is 36.0 Å². The first-order valence-corrected chi connectivity index (χ1v) is 12.8. The maximum Gasteiger partial charge on any atom is 0.417 e. The molecule has 0 aliphatic carbocycles. The molecule has 178 valence electrons. The van der Waals surface area contributed by atoms with Gasteiger partial charge in [-0.15, -0.1) is 0 Å². The van der Waals surface area contributed by atoms with E-state index >= 15 is 0 Å². The summed E-state index contributed by atoms with van der Waals surface area (Å²) in [5.74, 6) is 4.28. The summed E-state index contributed by atoms with van der Waals surface area (Å²) in [5.41, 5.74) is -0.0902. The zero-order chi connectivity index (χ0) is 23.8. The SMILES string of the molecule is C=S1(=O)CCC(C(=O)N2CCN(c3ccc(C(F)(F)F)cn3)CC2c2ccc(F)cc2)CC1. The van der Waals surface area contributed by atoms with Gasteiger partial charge in [-0.1, -0.05) is 12.1 Å². The van der Waals surface area contributed by atoms with E-state index in [1.54, 1.807) is 17.0 Å². The van der Waals surface area contributed by atoms with Gasteiger partial charge >= 0.3 is 6.18 Å². The standard InChI is InChI=1S/C23H25F4N3O2S/c1-33(32)12-8-17(9-13-33)22(31)30-11-10-29(15-20(30)16-2-5-19(24)6-3-16)21-7-4-18(14-28-21)23(25,26)27/h2-7,14,17,20H,1,8-13,15H2. The minimum absolute atomic E-state index is 0.0424. The maximum atomic E-state index is 13.5. The molecular formula is C23H25F4N3O2S. The van der Waals surface area contributed by atoms with Gasteiger partial charge in [0.15, 0.2) is 0 Å². The molecule has 4 rings (SSSR count). The monoisotopic (exact) mass is 483 g/mol. The summed E-state index contributed by atoms with van der Waals surface area (Å²) in [6, 6.07) is 7.79. The zero-order valence-corrected chi connectivity index (χ0v) is 18.7. The van der Waals surface area contributed by atoms with Gasteiger partial charge < -0.3 is 9.80 Å². The van der Waals surface area contributed by atoms with Crippen molar-refractivity contribution >= 4 is 27.1 Å². The molecule has 5 nitrogen and oxygen atoms in total. The Morgan fingerprint density at radius 2 is 1.73 bits per heavy atom. The lowest BCUT2D eigenvalue weighted by Gasteiger charge is -2.44. The third-order valence-corrected chi connectivity index (χ3v) is 8.30. The van der Waals surface area contributed by atoms with Crippen molar-refractivity contribution in [1.29, 1.82) is 0 Å². The summed E-state index contributed by atoms with van der Waals surface area (Å²) >= 11 is 0. The van der Waals surface area contributed by atoms with Crippen LogP contribution in [0.3, 0.4) is 0 Å². The van der Waals surface area contributed by atoms with E-state index in [0.717, 1.165) is 17.8 Å². The number of pyridine rings is 1. The highest BCUT2D eigenvalue weighted by Crippen LogP contribution is 2.33. The molecule has 0 spiro atoms. The van der Waals surface area contributed by atoms with Crippen molar-refractivity contribution < 1.29 is 26.6 Å². The average Bonchev–Trinajstić information content (AvgIpc) is 2.78. The quantitative estimate of drug-likeness (QED) is 0.493. The number of carbonyl (C=O) groups is 1. The molecule has 2 aliphatic rings. The van der Waals surface area contributed by atoms with E-state index in [4.69, 9.17) is 0 Å². The molecule has 0 bridgehead atoms. The predicted molar refractivity (Wildman–Crippen MR) is 120 cm³/mol. The Kier molecular flexibility index (Phi) is 6.39. The second-order valence-electron chi connectivity index (χ2n) is 8.60. The zero-order valence-electron chi connectivity index (χ0n) is 17.9. The average molecular weight is 484 g/mol. The smallest absolute Gasteiger partial charge is 0.352 e. The molecule has 2 saturated heterocycles. The van der Waals surface area contributed by atoms with Crippen LogP contribution in [0.1, 0.15) is 30.0 Å². The van der Waals surface area contributed by atoms with Gasteiger partial charge in [-0.25, -0.2) is 9.37 Å². The van der Waals surface area contributed by atoms with Crippen LogP contribution in [-0.4, -0.2) is 57.0 Å². The van der Waals surface area contributed by atoms with E-state index in [0.29, 0.717) is 49.8 Å². The number of hydrogen-bond donors (Lipinski definition) is 0. The van der Waals surface area contributed by atoms with Gasteiger partial charge in [0.2, 0.25) is 5.91 Å². The number of carbonyl (C=O) groups excluding carboxylic acids is 1. The Balaban J connectivity index is 1.57. The molecule has 0 radical (unpaired) electrons. The number of piperazine rings is 1. The van der Waals surface area contributed by atoms with Crippen LogP contribution in [0.2, 0.25) is 0 Å². The molecule has 1 aromatic heterocycles. The number of benzene rings is 1. The normalized spacial score (nSPS) is 26.3. The Bertz CT molecular complexity index is 1090. The highest BCUT2D eigenvalue weighted by Gasteiger charge is 2.37. The van der Waals surface area contributed by atoms with Crippen LogP contribution in [-0.2, 0) is 20.5 Å². The largest absolute Gasteiger partial charge is 0.417 e. The number of alkyl halides is 3. The fourth-order valence-corrected chi connectivity index (χ4v) is 6.04.